The van der Waals surface area contributed by atoms with Gasteiger partial charge in [-0.2, -0.15) is 0 Å². The van der Waals surface area contributed by atoms with E-state index in [1.807, 2.05) is 0 Å². The topological polar surface area (TPSA) is 122 Å². The van der Waals surface area contributed by atoms with Crippen molar-refractivity contribution in [3.8, 4) is 0 Å². The SMILES string of the molecule is Cc1cc([N+](=O)[O-])ccc1N1C(=O)c2ccc(C(=O)NCCN3CCOCC3)cc2C1=O. The monoisotopic (exact) mass is 438 g/mol. The lowest BCUT2D eigenvalue weighted by Gasteiger charge is -2.26. The number of carbonyl (C=O) groups is 3. The molecule has 0 spiro atoms. The number of nitro groups is 1. The number of ether oxygens (including phenoxy) is 1. The third kappa shape index (κ3) is 4.10. The second-order valence-corrected chi connectivity index (χ2v) is 7.64. The normalized spacial score (nSPS) is 16.2. The predicted molar refractivity (Wildman–Crippen MR) is 115 cm³/mol. The van der Waals surface area contributed by atoms with Gasteiger partial charge in [0.05, 0.1) is 35.0 Å². The number of hydrogen-bond donors (Lipinski definition) is 1. The molecule has 0 radical (unpaired) electrons. The fraction of sp³-hybridized carbons (Fsp3) is 0.318. The highest BCUT2D eigenvalue weighted by Gasteiger charge is 2.38. The van der Waals surface area contributed by atoms with Crippen molar-refractivity contribution in [3.05, 3.63) is 68.8 Å². The van der Waals surface area contributed by atoms with Crippen molar-refractivity contribution in [2.24, 2.45) is 0 Å². The molecule has 2 aromatic rings. The Bertz CT molecular complexity index is 1110. The lowest BCUT2D eigenvalue weighted by molar-refractivity contribution is -0.384. The van der Waals surface area contributed by atoms with Crippen LogP contribution in [0, 0.1) is 17.0 Å². The van der Waals surface area contributed by atoms with Crippen molar-refractivity contribution >= 4 is 29.1 Å². The van der Waals surface area contributed by atoms with Gasteiger partial charge in [-0.1, -0.05) is 0 Å². The van der Waals surface area contributed by atoms with Gasteiger partial charge in [-0.3, -0.25) is 29.4 Å². The number of anilines is 1. The Hall–Kier alpha value is -3.63. The van der Waals surface area contributed by atoms with Crippen LogP contribution in [0.4, 0.5) is 11.4 Å². The molecule has 0 aliphatic carbocycles. The van der Waals surface area contributed by atoms with E-state index in [-0.39, 0.29) is 34.0 Å². The van der Waals surface area contributed by atoms with Crippen molar-refractivity contribution in [1.82, 2.24) is 10.2 Å². The van der Waals surface area contributed by atoms with E-state index in [0.717, 1.165) is 18.0 Å². The van der Waals surface area contributed by atoms with Crippen LogP contribution in [0.25, 0.3) is 0 Å². The number of nitro benzene ring substituents is 1. The summed E-state index contributed by atoms with van der Waals surface area (Å²) in [7, 11) is 0. The number of morpholine rings is 1. The molecular weight excluding hydrogens is 416 g/mol. The Morgan fingerprint density at radius 3 is 2.50 bits per heavy atom. The molecule has 2 heterocycles. The van der Waals surface area contributed by atoms with Gasteiger partial charge in [-0.25, -0.2) is 4.90 Å². The largest absolute Gasteiger partial charge is 0.379 e. The summed E-state index contributed by atoms with van der Waals surface area (Å²) in [4.78, 5) is 52.0. The highest BCUT2D eigenvalue weighted by atomic mass is 16.6. The molecule has 2 aliphatic rings. The Labute approximate surface area is 183 Å². The number of nitrogens with zero attached hydrogens (tertiary/aromatic N) is 3. The Kier molecular flexibility index (Phi) is 5.97. The second kappa shape index (κ2) is 8.85. The third-order valence-corrected chi connectivity index (χ3v) is 5.60. The molecular formula is C22H22N4O6. The van der Waals surface area contributed by atoms with Crippen LogP contribution >= 0.6 is 0 Å². The minimum Gasteiger partial charge on any atom is -0.379 e. The van der Waals surface area contributed by atoms with Gasteiger partial charge in [0.1, 0.15) is 0 Å². The molecule has 10 heteroatoms. The maximum atomic E-state index is 13.0. The number of carbonyl (C=O) groups excluding carboxylic acids is 3. The van der Waals surface area contributed by atoms with Crippen LogP contribution in [-0.4, -0.2) is 66.9 Å². The Morgan fingerprint density at radius 1 is 1.09 bits per heavy atom. The highest BCUT2D eigenvalue weighted by Crippen LogP contribution is 2.32. The van der Waals surface area contributed by atoms with E-state index >= 15 is 0 Å². The summed E-state index contributed by atoms with van der Waals surface area (Å²) in [6.07, 6.45) is 0. The smallest absolute Gasteiger partial charge is 0.269 e. The van der Waals surface area contributed by atoms with E-state index in [1.54, 1.807) is 6.92 Å². The molecule has 4 rings (SSSR count). The first-order chi connectivity index (χ1) is 15.4. The first-order valence-corrected chi connectivity index (χ1v) is 10.2. The highest BCUT2D eigenvalue weighted by molar-refractivity contribution is 6.35. The average Bonchev–Trinajstić information content (AvgIpc) is 3.04. The van der Waals surface area contributed by atoms with Crippen molar-refractivity contribution in [2.75, 3.05) is 44.3 Å². The van der Waals surface area contributed by atoms with Crippen LogP contribution in [0.3, 0.4) is 0 Å². The lowest BCUT2D eigenvalue weighted by Crippen LogP contribution is -2.41. The van der Waals surface area contributed by atoms with Gasteiger partial charge < -0.3 is 10.1 Å². The molecule has 2 aromatic carbocycles. The first kappa shape index (κ1) is 21.6. The van der Waals surface area contributed by atoms with Gasteiger partial charge in [0.25, 0.3) is 23.4 Å². The minimum absolute atomic E-state index is 0.126. The summed E-state index contributed by atoms with van der Waals surface area (Å²) in [5, 5.41) is 13.8. The maximum absolute atomic E-state index is 13.0. The van der Waals surface area contributed by atoms with Crippen LogP contribution in [0.5, 0.6) is 0 Å². The third-order valence-electron chi connectivity index (χ3n) is 5.60. The Morgan fingerprint density at radius 2 is 1.81 bits per heavy atom. The summed E-state index contributed by atoms with van der Waals surface area (Å²) in [6, 6.07) is 8.34. The van der Waals surface area contributed by atoms with Gasteiger partial charge in [-0.15, -0.1) is 0 Å². The van der Waals surface area contributed by atoms with E-state index in [1.165, 1.54) is 36.4 Å². The number of nitrogens with one attached hydrogen (secondary N) is 1. The van der Waals surface area contributed by atoms with Crippen LogP contribution in [-0.2, 0) is 4.74 Å². The zero-order valence-corrected chi connectivity index (χ0v) is 17.5. The fourth-order valence-electron chi connectivity index (χ4n) is 3.86. The minimum atomic E-state index is -0.565. The number of fused-ring (bicyclic) bond motifs is 1. The summed E-state index contributed by atoms with van der Waals surface area (Å²) in [5.41, 5.74) is 1.19. The van der Waals surface area contributed by atoms with Gasteiger partial charge in [0, 0.05) is 43.9 Å². The maximum Gasteiger partial charge on any atom is 0.269 e. The molecule has 32 heavy (non-hydrogen) atoms. The zero-order chi connectivity index (χ0) is 22.8. The molecule has 166 valence electrons. The molecule has 2 aliphatic heterocycles. The predicted octanol–water partition coefficient (Wildman–Crippen LogP) is 1.77. The molecule has 1 fully saturated rings. The number of aryl methyl sites for hydroxylation is 1. The summed E-state index contributed by atoms with van der Waals surface area (Å²) in [6.45, 7) is 5.76. The standard InChI is InChI=1S/C22H22N4O6/c1-14-12-16(26(30)31)3-5-19(14)25-21(28)17-4-2-15(13-18(17)22(25)29)20(27)23-6-7-24-8-10-32-11-9-24/h2-5,12-13H,6-11H2,1H3,(H,23,27). The lowest BCUT2D eigenvalue weighted by atomic mass is 10.1. The average molecular weight is 438 g/mol. The number of rotatable bonds is 6. The second-order valence-electron chi connectivity index (χ2n) is 7.64. The number of amides is 3. The quantitative estimate of drug-likeness (QED) is 0.414. The molecule has 1 saturated heterocycles. The molecule has 0 bridgehead atoms. The molecule has 0 atom stereocenters. The molecule has 0 aromatic heterocycles. The van der Waals surface area contributed by atoms with Crippen LogP contribution < -0.4 is 10.2 Å². The molecule has 1 N–H and O–H groups in total. The fourth-order valence-corrected chi connectivity index (χ4v) is 3.86. The molecule has 10 nitrogen and oxygen atoms in total. The van der Waals surface area contributed by atoms with E-state index < -0.39 is 16.7 Å². The zero-order valence-electron chi connectivity index (χ0n) is 17.5. The molecule has 3 amide bonds. The van der Waals surface area contributed by atoms with Crippen molar-refractivity contribution < 1.29 is 24.0 Å². The van der Waals surface area contributed by atoms with Crippen molar-refractivity contribution in [2.45, 2.75) is 6.92 Å². The van der Waals surface area contributed by atoms with Gasteiger partial charge >= 0.3 is 0 Å². The van der Waals surface area contributed by atoms with Crippen molar-refractivity contribution in [1.29, 1.82) is 0 Å². The summed E-state index contributed by atoms with van der Waals surface area (Å²) < 4.78 is 5.30. The first-order valence-electron chi connectivity index (χ1n) is 10.2. The number of imide groups is 1. The van der Waals surface area contributed by atoms with E-state index in [2.05, 4.69) is 10.2 Å². The van der Waals surface area contributed by atoms with Crippen molar-refractivity contribution in [3.63, 3.8) is 0 Å². The van der Waals surface area contributed by atoms with E-state index in [9.17, 15) is 24.5 Å². The summed E-state index contributed by atoms with van der Waals surface area (Å²) >= 11 is 0. The Balaban J connectivity index is 1.49. The van der Waals surface area contributed by atoms with E-state index in [0.29, 0.717) is 31.9 Å². The van der Waals surface area contributed by atoms with Gasteiger partial charge in [-0.05, 0) is 36.8 Å². The van der Waals surface area contributed by atoms with Crippen LogP contribution in [0.1, 0.15) is 36.6 Å². The van der Waals surface area contributed by atoms with Crippen LogP contribution in [0.15, 0.2) is 36.4 Å². The van der Waals surface area contributed by atoms with Gasteiger partial charge in [0.2, 0.25) is 0 Å². The van der Waals surface area contributed by atoms with E-state index in [4.69, 9.17) is 4.74 Å². The number of benzene rings is 2. The number of hydrogen-bond acceptors (Lipinski definition) is 7. The van der Waals surface area contributed by atoms with Crippen LogP contribution in [0.2, 0.25) is 0 Å². The summed E-state index contributed by atoms with van der Waals surface area (Å²) in [5.74, 6) is -1.42. The number of non-ortho nitro benzene ring substituents is 1. The molecule has 0 saturated carbocycles. The molecule has 0 unspecified atom stereocenters. The van der Waals surface area contributed by atoms with Gasteiger partial charge in [0.15, 0.2) is 0 Å².